The highest BCUT2D eigenvalue weighted by Gasteiger charge is 2.51. The van der Waals surface area contributed by atoms with Crippen LogP contribution in [0.2, 0.25) is 0 Å². The van der Waals surface area contributed by atoms with Crippen LogP contribution in [0.25, 0.3) is 0 Å². The third kappa shape index (κ3) is 6.83. The summed E-state index contributed by atoms with van der Waals surface area (Å²) in [7, 11) is 0. The number of carbonyl (C=O) groups excluding carboxylic acids is 2. The Morgan fingerprint density at radius 3 is 1.97 bits per heavy atom. The maximum atomic E-state index is 12.5. The molecule has 0 spiro atoms. The van der Waals surface area contributed by atoms with Crippen LogP contribution in [0.5, 0.6) is 0 Å². The molecule has 172 valence electrons. The number of amides is 2. The Balaban J connectivity index is 0.000000451. The van der Waals surface area contributed by atoms with E-state index >= 15 is 0 Å². The molecule has 2 aromatic carbocycles. The Bertz CT molecular complexity index is 938. The summed E-state index contributed by atoms with van der Waals surface area (Å²) in [6.07, 6.45) is -3.32. The summed E-state index contributed by atoms with van der Waals surface area (Å²) in [6, 6.07) is 16.7. The van der Waals surface area contributed by atoms with Crippen molar-refractivity contribution in [3.63, 3.8) is 0 Å². The van der Waals surface area contributed by atoms with Crippen LogP contribution in [0.4, 0.5) is 18.9 Å². The van der Waals surface area contributed by atoms with E-state index in [1.165, 1.54) is 0 Å². The molecule has 1 fully saturated rings. The Morgan fingerprint density at radius 1 is 1.00 bits per heavy atom. The SMILES string of the molecule is CC(C)CNC(=O)C1(c2ccc(NC(=O)c3ccccc3)cc2)CC1.O=C(O)C(F)(F)F. The van der Waals surface area contributed by atoms with E-state index in [1.54, 1.807) is 12.1 Å². The van der Waals surface area contributed by atoms with Gasteiger partial charge in [-0.1, -0.05) is 44.2 Å². The molecule has 0 heterocycles. The van der Waals surface area contributed by atoms with Gasteiger partial charge in [-0.05, 0) is 48.6 Å². The number of aliphatic carboxylic acids is 1. The molecule has 0 aromatic heterocycles. The molecule has 0 aliphatic heterocycles. The highest BCUT2D eigenvalue weighted by atomic mass is 19.4. The lowest BCUT2D eigenvalue weighted by molar-refractivity contribution is -0.192. The highest BCUT2D eigenvalue weighted by molar-refractivity contribution is 6.04. The van der Waals surface area contributed by atoms with E-state index in [0.717, 1.165) is 24.1 Å². The molecule has 2 amide bonds. The van der Waals surface area contributed by atoms with Crippen molar-refractivity contribution in [1.82, 2.24) is 5.32 Å². The summed E-state index contributed by atoms with van der Waals surface area (Å²) >= 11 is 0. The zero-order valence-electron chi connectivity index (χ0n) is 17.7. The lowest BCUT2D eigenvalue weighted by Gasteiger charge is -2.17. The molecule has 3 rings (SSSR count). The summed E-state index contributed by atoms with van der Waals surface area (Å²) in [6.45, 7) is 4.87. The topological polar surface area (TPSA) is 95.5 Å². The first-order valence-corrected chi connectivity index (χ1v) is 10.0. The monoisotopic (exact) mass is 450 g/mol. The Morgan fingerprint density at radius 2 is 1.53 bits per heavy atom. The van der Waals surface area contributed by atoms with E-state index in [4.69, 9.17) is 9.90 Å². The summed E-state index contributed by atoms with van der Waals surface area (Å²) in [5.74, 6) is -2.34. The van der Waals surface area contributed by atoms with Crippen LogP contribution >= 0.6 is 0 Å². The standard InChI is InChI=1S/C21H24N2O2.C2HF3O2/c1-15(2)14-22-20(25)21(12-13-21)17-8-10-18(11-9-17)23-19(24)16-6-4-3-5-7-16;3-2(4,5)1(6)7/h3-11,15H,12-14H2,1-2H3,(H,22,25)(H,23,24);(H,6,7). The number of benzene rings is 2. The van der Waals surface area contributed by atoms with Gasteiger partial charge in [0.15, 0.2) is 0 Å². The van der Waals surface area contributed by atoms with Crippen molar-refractivity contribution in [2.75, 3.05) is 11.9 Å². The molecule has 0 radical (unpaired) electrons. The number of hydrogen-bond acceptors (Lipinski definition) is 3. The summed E-state index contributed by atoms with van der Waals surface area (Å²) in [4.78, 5) is 33.6. The van der Waals surface area contributed by atoms with E-state index < -0.39 is 12.1 Å². The Hall–Kier alpha value is -3.36. The third-order valence-electron chi connectivity index (χ3n) is 4.83. The molecule has 0 saturated heterocycles. The number of rotatable bonds is 6. The molecular weight excluding hydrogens is 425 g/mol. The van der Waals surface area contributed by atoms with Gasteiger partial charge in [0.25, 0.3) is 5.91 Å². The van der Waals surface area contributed by atoms with Crippen LogP contribution in [0, 0.1) is 5.92 Å². The second-order valence-electron chi connectivity index (χ2n) is 7.89. The van der Waals surface area contributed by atoms with Gasteiger partial charge < -0.3 is 15.7 Å². The number of carboxylic acids is 1. The van der Waals surface area contributed by atoms with Gasteiger partial charge in [-0.2, -0.15) is 13.2 Å². The summed E-state index contributed by atoms with van der Waals surface area (Å²) in [5, 5.41) is 13.1. The minimum atomic E-state index is -5.08. The lowest BCUT2D eigenvalue weighted by Crippen LogP contribution is -2.36. The van der Waals surface area contributed by atoms with E-state index in [-0.39, 0.29) is 17.2 Å². The lowest BCUT2D eigenvalue weighted by atomic mass is 9.94. The minimum Gasteiger partial charge on any atom is -0.475 e. The van der Waals surface area contributed by atoms with Gasteiger partial charge in [0.05, 0.1) is 5.41 Å². The van der Waals surface area contributed by atoms with E-state index in [0.29, 0.717) is 18.0 Å². The van der Waals surface area contributed by atoms with Crippen molar-refractivity contribution in [3.05, 3.63) is 65.7 Å². The van der Waals surface area contributed by atoms with Crippen LogP contribution in [-0.2, 0) is 15.0 Å². The predicted molar refractivity (Wildman–Crippen MR) is 113 cm³/mol. The molecule has 1 saturated carbocycles. The van der Waals surface area contributed by atoms with Gasteiger partial charge in [0, 0.05) is 17.8 Å². The molecule has 3 N–H and O–H groups in total. The zero-order chi connectivity index (χ0) is 23.9. The number of hydrogen-bond donors (Lipinski definition) is 3. The smallest absolute Gasteiger partial charge is 0.475 e. The van der Waals surface area contributed by atoms with Crippen molar-refractivity contribution >= 4 is 23.5 Å². The van der Waals surface area contributed by atoms with E-state index in [9.17, 15) is 22.8 Å². The molecule has 1 aliphatic carbocycles. The quantitative estimate of drug-likeness (QED) is 0.609. The van der Waals surface area contributed by atoms with E-state index in [1.807, 2.05) is 42.5 Å². The van der Waals surface area contributed by atoms with E-state index in [2.05, 4.69) is 24.5 Å². The molecule has 0 unspecified atom stereocenters. The fourth-order valence-corrected chi connectivity index (χ4v) is 2.90. The van der Waals surface area contributed by atoms with Gasteiger partial charge >= 0.3 is 12.1 Å². The third-order valence-corrected chi connectivity index (χ3v) is 4.83. The normalized spacial score (nSPS) is 14.1. The zero-order valence-corrected chi connectivity index (χ0v) is 17.7. The van der Waals surface area contributed by atoms with Crippen molar-refractivity contribution in [2.45, 2.75) is 38.3 Å². The average molecular weight is 450 g/mol. The number of alkyl halides is 3. The fraction of sp³-hybridized carbons (Fsp3) is 0.348. The van der Waals surface area contributed by atoms with Gasteiger partial charge in [-0.3, -0.25) is 9.59 Å². The van der Waals surface area contributed by atoms with Crippen molar-refractivity contribution in [2.24, 2.45) is 5.92 Å². The van der Waals surface area contributed by atoms with Crippen molar-refractivity contribution < 1.29 is 32.7 Å². The number of halogens is 3. The largest absolute Gasteiger partial charge is 0.490 e. The van der Waals surface area contributed by atoms with Gasteiger partial charge in [-0.15, -0.1) is 0 Å². The molecule has 2 aromatic rings. The second-order valence-corrected chi connectivity index (χ2v) is 7.89. The summed E-state index contributed by atoms with van der Waals surface area (Å²) in [5.41, 5.74) is 2.00. The van der Waals surface area contributed by atoms with Crippen molar-refractivity contribution in [3.8, 4) is 0 Å². The van der Waals surface area contributed by atoms with Crippen LogP contribution in [0.3, 0.4) is 0 Å². The maximum Gasteiger partial charge on any atom is 0.490 e. The summed E-state index contributed by atoms with van der Waals surface area (Å²) < 4.78 is 31.7. The van der Waals surface area contributed by atoms with Gasteiger partial charge in [0.2, 0.25) is 5.91 Å². The number of nitrogens with one attached hydrogen (secondary N) is 2. The fourth-order valence-electron chi connectivity index (χ4n) is 2.90. The van der Waals surface area contributed by atoms with Crippen molar-refractivity contribution in [1.29, 1.82) is 0 Å². The number of anilines is 1. The van der Waals surface area contributed by atoms with Gasteiger partial charge in [0.1, 0.15) is 0 Å². The first kappa shape index (κ1) is 24.9. The van der Waals surface area contributed by atoms with Gasteiger partial charge in [-0.25, -0.2) is 4.79 Å². The maximum absolute atomic E-state index is 12.5. The van der Waals surface area contributed by atoms with Crippen LogP contribution in [-0.4, -0.2) is 35.6 Å². The highest BCUT2D eigenvalue weighted by Crippen LogP contribution is 2.48. The minimum absolute atomic E-state index is 0.113. The number of carboxylic acid groups (broad SMARTS) is 1. The molecule has 1 aliphatic rings. The molecule has 32 heavy (non-hydrogen) atoms. The number of carbonyl (C=O) groups is 3. The molecule has 0 bridgehead atoms. The molecular formula is C23H25F3N2O4. The average Bonchev–Trinajstić information content (AvgIpc) is 3.55. The second kappa shape index (κ2) is 10.3. The molecule has 9 heteroatoms. The predicted octanol–water partition coefficient (Wildman–Crippen LogP) is 4.38. The Labute approximate surface area is 183 Å². The van der Waals surface area contributed by atoms with Crippen LogP contribution in [0.15, 0.2) is 54.6 Å². The first-order valence-electron chi connectivity index (χ1n) is 10.0. The first-order chi connectivity index (χ1) is 15.0. The Kier molecular flexibility index (Phi) is 8.02. The van der Waals surface area contributed by atoms with Crippen LogP contribution < -0.4 is 10.6 Å². The molecule has 6 nitrogen and oxygen atoms in total. The van der Waals surface area contributed by atoms with Crippen LogP contribution in [0.1, 0.15) is 42.6 Å². The molecule has 0 atom stereocenters.